The van der Waals surface area contributed by atoms with Crippen LogP contribution in [0.5, 0.6) is 5.06 Å². The molecule has 0 fully saturated rings. The molecule has 7 heteroatoms. The van der Waals surface area contributed by atoms with Crippen LogP contribution in [-0.2, 0) is 20.1 Å². The van der Waals surface area contributed by atoms with Crippen LogP contribution in [0.1, 0.15) is 11.1 Å². The highest BCUT2D eigenvalue weighted by Crippen LogP contribution is 2.35. The fourth-order valence-electron chi connectivity index (χ4n) is 3.22. The molecule has 0 saturated carbocycles. The van der Waals surface area contributed by atoms with Crippen LogP contribution in [0.2, 0.25) is 0 Å². The van der Waals surface area contributed by atoms with Crippen molar-refractivity contribution < 1.29 is 9.30 Å². The van der Waals surface area contributed by atoms with Crippen molar-refractivity contribution in [2.45, 2.75) is 13.1 Å². The van der Waals surface area contributed by atoms with E-state index in [2.05, 4.69) is 51.2 Å². The van der Waals surface area contributed by atoms with Crippen molar-refractivity contribution >= 4 is 33.5 Å². The summed E-state index contributed by atoms with van der Waals surface area (Å²) in [5.74, 6) is 0. The number of aromatic nitrogens is 1. The predicted octanol–water partition coefficient (Wildman–Crippen LogP) is 6.22. The van der Waals surface area contributed by atoms with E-state index in [0.29, 0.717) is 6.54 Å². The molecule has 0 aliphatic heterocycles. The maximum atomic E-state index is 5.31. The quantitative estimate of drug-likeness (QED) is 0.238. The Kier molecular flexibility index (Phi) is 7.09. The number of nitrogens with one attached hydrogen (secondary N) is 2. The van der Waals surface area contributed by atoms with Crippen LogP contribution in [0.3, 0.4) is 0 Å². The molecule has 0 radical (unpaired) electrons. The molecule has 0 amide bonds. The molecule has 1 aromatic heterocycles. The number of hydrogen-bond acceptors (Lipinski definition) is 6. The van der Waals surface area contributed by atoms with Gasteiger partial charge in [-0.1, -0.05) is 66.7 Å². The van der Waals surface area contributed by atoms with Crippen LogP contribution in [-0.4, -0.2) is 7.11 Å². The van der Waals surface area contributed by atoms with E-state index in [9.17, 15) is 0 Å². The molecule has 3 aromatic carbocycles. The number of methoxy groups -OCH3 is 1. The SMILES string of the molecule is COc1c[n+](C)c(N=Nc2cccc(NCc3ccccc3)c2NCc2ccccc2)s1. The number of benzene rings is 3. The first-order valence-corrected chi connectivity index (χ1v) is 11.2. The summed E-state index contributed by atoms with van der Waals surface area (Å²) < 4.78 is 7.21. The highest BCUT2D eigenvalue weighted by atomic mass is 32.1. The van der Waals surface area contributed by atoms with Gasteiger partial charge in [0.2, 0.25) is 5.06 Å². The first-order chi connectivity index (χ1) is 15.7. The molecule has 0 aliphatic carbocycles. The predicted molar refractivity (Wildman–Crippen MR) is 130 cm³/mol. The molecule has 0 spiro atoms. The zero-order chi connectivity index (χ0) is 22.2. The van der Waals surface area contributed by atoms with Crippen molar-refractivity contribution in [1.29, 1.82) is 0 Å². The van der Waals surface area contributed by atoms with Gasteiger partial charge < -0.3 is 15.4 Å². The van der Waals surface area contributed by atoms with Crippen molar-refractivity contribution in [1.82, 2.24) is 0 Å². The van der Waals surface area contributed by atoms with E-state index in [0.717, 1.165) is 33.8 Å². The third kappa shape index (κ3) is 5.50. The fourth-order valence-corrected chi connectivity index (χ4v) is 3.97. The summed E-state index contributed by atoms with van der Waals surface area (Å²) in [5, 5.41) is 17.7. The Bertz CT molecular complexity index is 1180. The largest absolute Gasteiger partial charge is 0.484 e. The highest BCUT2D eigenvalue weighted by molar-refractivity contribution is 7.16. The number of hydrogen-bond donors (Lipinski definition) is 2. The zero-order valence-corrected chi connectivity index (χ0v) is 19.0. The maximum Gasteiger partial charge on any atom is 0.411 e. The first kappa shape index (κ1) is 21.5. The van der Waals surface area contributed by atoms with Crippen LogP contribution in [0.15, 0.2) is 95.3 Å². The Morgan fingerprint density at radius 2 is 1.47 bits per heavy atom. The number of aryl methyl sites for hydroxylation is 1. The van der Waals surface area contributed by atoms with Crippen molar-refractivity contribution in [3.05, 3.63) is 96.2 Å². The zero-order valence-electron chi connectivity index (χ0n) is 18.2. The summed E-state index contributed by atoms with van der Waals surface area (Å²) in [5.41, 5.74) is 5.08. The number of azo groups is 1. The van der Waals surface area contributed by atoms with Crippen LogP contribution in [0, 0.1) is 0 Å². The standard InChI is InChI=1S/C25H25N5OS/c1-30-18-23(31-2)32-25(30)29-28-22-15-9-14-21(26-16-19-10-5-3-6-11-19)24(22)27-17-20-12-7-4-8-13-20/h3-15,18H,16-17H2,1-2H3,(H,26,28)/p+1. The van der Waals surface area contributed by atoms with Crippen LogP contribution in [0.25, 0.3) is 0 Å². The lowest BCUT2D eigenvalue weighted by Crippen LogP contribution is -2.23. The molecule has 0 unspecified atom stereocenters. The van der Waals surface area contributed by atoms with Crippen molar-refractivity contribution in [3.8, 4) is 5.06 Å². The summed E-state index contributed by atoms with van der Waals surface area (Å²) in [7, 11) is 3.58. The van der Waals surface area contributed by atoms with E-state index in [4.69, 9.17) is 4.74 Å². The Morgan fingerprint density at radius 1 is 0.812 bits per heavy atom. The molecule has 6 nitrogen and oxygen atoms in total. The van der Waals surface area contributed by atoms with E-state index < -0.39 is 0 Å². The van der Waals surface area contributed by atoms with Gasteiger partial charge >= 0.3 is 5.13 Å². The van der Waals surface area contributed by atoms with E-state index in [-0.39, 0.29) is 0 Å². The van der Waals surface area contributed by atoms with Gasteiger partial charge in [0, 0.05) is 13.1 Å². The molecular weight excluding hydrogens is 418 g/mol. The molecule has 0 aliphatic rings. The second kappa shape index (κ2) is 10.5. The average Bonchev–Trinajstić information content (AvgIpc) is 3.21. The van der Waals surface area contributed by atoms with E-state index >= 15 is 0 Å². The number of ether oxygens (including phenoxy) is 1. The Morgan fingerprint density at radius 3 is 2.09 bits per heavy atom. The lowest BCUT2D eigenvalue weighted by atomic mass is 10.1. The summed E-state index contributed by atoms with van der Waals surface area (Å²) in [6.45, 7) is 1.41. The Balaban J connectivity index is 1.61. The molecule has 32 heavy (non-hydrogen) atoms. The van der Waals surface area contributed by atoms with Crippen molar-refractivity contribution in [3.63, 3.8) is 0 Å². The number of thiazole rings is 1. The fraction of sp³-hybridized carbons (Fsp3) is 0.160. The molecule has 4 aromatic rings. The van der Waals surface area contributed by atoms with Crippen LogP contribution < -0.4 is 19.9 Å². The van der Waals surface area contributed by atoms with Crippen molar-refractivity contribution in [2.75, 3.05) is 17.7 Å². The topological polar surface area (TPSA) is 61.9 Å². The molecule has 1 heterocycles. The minimum atomic E-state index is 0.688. The van der Waals surface area contributed by atoms with Crippen molar-refractivity contribution in [2.24, 2.45) is 17.3 Å². The van der Waals surface area contributed by atoms with Gasteiger partial charge in [0.05, 0.1) is 30.6 Å². The lowest BCUT2D eigenvalue weighted by Gasteiger charge is -2.15. The van der Waals surface area contributed by atoms with Gasteiger partial charge in [0.15, 0.2) is 0 Å². The minimum absolute atomic E-state index is 0.688. The van der Waals surface area contributed by atoms with E-state index in [1.807, 2.05) is 66.3 Å². The number of nitrogens with zero attached hydrogens (tertiary/aromatic N) is 3. The van der Waals surface area contributed by atoms with Gasteiger partial charge in [-0.2, -0.15) is 0 Å². The third-order valence-electron chi connectivity index (χ3n) is 4.92. The third-order valence-corrected chi connectivity index (χ3v) is 5.94. The lowest BCUT2D eigenvalue weighted by molar-refractivity contribution is -0.654. The Hall–Kier alpha value is -3.71. The maximum absolute atomic E-state index is 5.31. The van der Waals surface area contributed by atoms with Gasteiger partial charge in [0.25, 0.3) is 0 Å². The van der Waals surface area contributed by atoms with Gasteiger partial charge in [0.1, 0.15) is 11.9 Å². The summed E-state index contributed by atoms with van der Waals surface area (Å²) in [6, 6.07) is 26.7. The number of para-hydroxylation sites is 1. The molecule has 4 rings (SSSR count). The number of rotatable bonds is 9. The summed E-state index contributed by atoms with van der Waals surface area (Å²) in [4.78, 5) is 0. The average molecular weight is 445 g/mol. The highest BCUT2D eigenvalue weighted by Gasteiger charge is 2.15. The first-order valence-electron chi connectivity index (χ1n) is 10.4. The molecule has 0 bridgehead atoms. The number of anilines is 2. The van der Waals surface area contributed by atoms with Crippen LogP contribution >= 0.6 is 11.3 Å². The monoisotopic (exact) mass is 444 g/mol. The summed E-state index contributed by atoms with van der Waals surface area (Å²) in [6.07, 6.45) is 1.89. The molecule has 2 N–H and O–H groups in total. The normalized spacial score (nSPS) is 10.9. The molecular formula is C25H26N5OS+. The van der Waals surface area contributed by atoms with E-state index in [1.54, 1.807) is 7.11 Å². The molecule has 0 saturated heterocycles. The van der Waals surface area contributed by atoms with Gasteiger partial charge in [-0.3, -0.25) is 0 Å². The van der Waals surface area contributed by atoms with E-state index in [1.165, 1.54) is 22.5 Å². The molecule has 162 valence electrons. The van der Waals surface area contributed by atoms with Gasteiger partial charge in [-0.05, 0) is 39.7 Å². The minimum Gasteiger partial charge on any atom is -0.484 e. The summed E-state index contributed by atoms with van der Waals surface area (Å²) >= 11 is 1.45. The second-order valence-electron chi connectivity index (χ2n) is 7.23. The second-order valence-corrected chi connectivity index (χ2v) is 8.20. The molecule has 0 atom stereocenters. The van der Waals surface area contributed by atoms with Gasteiger partial charge in [-0.15, -0.1) is 0 Å². The van der Waals surface area contributed by atoms with Crippen LogP contribution in [0.4, 0.5) is 22.2 Å². The Labute approximate surface area is 192 Å². The van der Waals surface area contributed by atoms with Gasteiger partial charge in [-0.25, -0.2) is 4.57 Å². The smallest absolute Gasteiger partial charge is 0.411 e.